The Balaban J connectivity index is 0.00000267. The van der Waals surface area contributed by atoms with E-state index in [9.17, 15) is 28.0 Å². The van der Waals surface area contributed by atoms with Crippen LogP contribution in [0.5, 0.6) is 0 Å². The normalized spacial score (nSPS) is 51.7. The van der Waals surface area contributed by atoms with Gasteiger partial charge in [0.2, 0.25) is 10.4 Å². The Morgan fingerprint density at radius 3 is 2.53 bits per heavy atom. The van der Waals surface area contributed by atoms with Crippen molar-refractivity contribution in [2.75, 3.05) is 0 Å². The summed E-state index contributed by atoms with van der Waals surface area (Å²) in [4.78, 5) is 11.0. The van der Waals surface area contributed by atoms with Crippen molar-refractivity contribution in [3.63, 3.8) is 0 Å². The number of carboxylic acids is 1. The number of carbonyl (C=O) groups excluding carboxylic acids is 1. The van der Waals surface area contributed by atoms with Crippen LogP contribution in [-0.2, 0) is 19.4 Å². The largest absolute Gasteiger partial charge is 1.00 e. The van der Waals surface area contributed by atoms with Gasteiger partial charge >= 0.3 is 59.1 Å². The van der Waals surface area contributed by atoms with Gasteiger partial charge in [0.15, 0.2) is 0 Å². The molecule has 4 aliphatic rings. The molecule has 0 spiro atoms. The summed E-state index contributed by atoms with van der Waals surface area (Å²) in [6.45, 7) is 5.86. The maximum atomic E-state index is 11.6. The molecule has 4 rings (SSSR count). The molecule has 0 bridgehead atoms. The number of rotatable bonds is 6. The van der Waals surface area contributed by atoms with E-state index in [1.807, 2.05) is 6.92 Å². The van der Waals surface area contributed by atoms with Crippen molar-refractivity contribution < 1.29 is 98.1 Å². The molecule has 0 aromatic rings. The summed E-state index contributed by atoms with van der Waals surface area (Å²) >= 11 is 0. The first-order valence-corrected chi connectivity index (χ1v) is 13.1. The molecule has 4 aliphatic carbocycles. The third kappa shape index (κ3) is 5.81. The van der Waals surface area contributed by atoms with Crippen LogP contribution in [0, 0.1) is 46.3 Å². The van der Waals surface area contributed by atoms with Gasteiger partial charge in [-0.05, 0) is 110 Å². The first-order valence-electron chi connectivity index (χ1n) is 14.3. The van der Waals surface area contributed by atoms with Crippen LogP contribution >= 0.6 is 0 Å². The molecule has 0 aromatic carbocycles. The summed E-state index contributed by atoms with van der Waals surface area (Å²) in [6, 6.07) is 0. The van der Waals surface area contributed by atoms with Crippen molar-refractivity contribution in [1.82, 2.24) is 0 Å². The topological polar surface area (TPSA) is 127 Å². The summed E-state index contributed by atoms with van der Waals surface area (Å²) in [7, 11) is -5.56. The molecule has 0 amide bonds. The van der Waals surface area contributed by atoms with Crippen LogP contribution in [0.3, 0.4) is 0 Å². The molecule has 10 heteroatoms. The van der Waals surface area contributed by atoms with E-state index in [1.54, 1.807) is 6.92 Å². The molecule has 7 nitrogen and oxygen atoms in total. The summed E-state index contributed by atoms with van der Waals surface area (Å²) in [5.41, 5.74) is -1.46. The first-order chi connectivity index (χ1) is 16.7. The molecule has 4 saturated carbocycles. The fraction of sp³-hybridized carbons (Fsp3) is 0.958. The van der Waals surface area contributed by atoms with E-state index >= 15 is 0 Å². The number of aliphatic hydroxyl groups excluding tert-OH is 1. The Morgan fingerprint density at radius 2 is 1.91 bits per heavy atom. The predicted octanol–water partition coefficient (Wildman–Crippen LogP) is -3.36. The monoisotopic (exact) mass is 521 g/mol. The fourth-order valence-electron chi connectivity index (χ4n) is 8.05. The molecule has 1 N–H and O–H groups in total. The Bertz CT molecular complexity index is 1050. The minimum Gasteiger partial charge on any atom is -0.726 e. The van der Waals surface area contributed by atoms with Gasteiger partial charge in [-0.2, -0.15) is 0 Å². The fourth-order valence-corrected chi connectivity index (χ4v) is 8.37. The number of carbonyl (C=O) groups is 1. The molecule has 34 heavy (non-hydrogen) atoms. The number of carboxylic acid groups (broad SMARTS) is 1. The maximum Gasteiger partial charge on any atom is 1.00 e. The van der Waals surface area contributed by atoms with Gasteiger partial charge in [0.1, 0.15) is 0 Å². The number of aliphatic hydroxyl groups is 1. The van der Waals surface area contributed by atoms with Crippen molar-refractivity contribution in [2.45, 2.75) is 97.1 Å². The predicted molar refractivity (Wildman–Crippen MR) is 115 cm³/mol. The van der Waals surface area contributed by atoms with Crippen LogP contribution < -0.4 is 64.2 Å². The van der Waals surface area contributed by atoms with Crippen LogP contribution in [0.1, 0.15) is 91.7 Å². The molecule has 0 heterocycles. The van der Waals surface area contributed by atoms with Crippen molar-refractivity contribution in [3.8, 4) is 0 Å². The molecule has 10 atom stereocenters. The minimum atomic E-state index is -5.56. The van der Waals surface area contributed by atoms with Crippen molar-refractivity contribution >= 4 is 16.4 Å². The van der Waals surface area contributed by atoms with Crippen LogP contribution in [-0.4, -0.2) is 36.2 Å². The van der Waals surface area contributed by atoms with Gasteiger partial charge in [-0.3, -0.25) is 4.18 Å². The molecule has 0 saturated heterocycles. The maximum absolute atomic E-state index is 11.6. The van der Waals surface area contributed by atoms with Crippen LogP contribution in [0.4, 0.5) is 0 Å². The molecule has 184 valence electrons. The van der Waals surface area contributed by atoms with E-state index in [4.69, 9.17) is 6.85 Å². The summed E-state index contributed by atoms with van der Waals surface area (Å²) in [5.74, 6) is -1.97. The molecule has 0 aromatic heterocycles. The van der Waals surface area contributed by atoms with Crippen LogP contribution in [0.25, 0.3) is 0 Å². The Kier molecular flexibility index (Phi) is 8.30. The zero-order valence-corrected chi connectivity index (χ0v) is 25.8. The average Bonchev–Trinajstić information content (AvgIpc) is 3.09. The van der Waals surface area contributed by atoms with E-state index in [-0.39, 0.29) is 108 Å². The second kappa shape index (κ2) is 11.6. The van der Waals surface area contributed by atoms with Crippen LogP contribution in [0.15, 0.2) is 0 Å². The third-order valence-electron chi connectivity index (χ3n) is 9.66. The smallest absolute Gasteiger partial charge is 0.726 e. The number of hydrogen-bond donors (Lipinski definition) is 1. The molecular formula is C24H38Na2O7S. The number of hydrogen-bond acceptors (Lipinski definition) is 7. The summed E-state index contributed by atoms with van der Waals surface area (Å²) in [5, 5.41) is 22.6. The third-order valence-corrected chi connectivity index (χ3v) is 10.0. The van der Waals surface area contributed by atoms with Gasteiger partial charge in [0.25, 0.3) is 0 Å². The van der Waals surface area contributed by atoms with Crippen LogP contribution in [0.2, 0.25) is 0 Å². The molecule has 2 unspecified atom stereocenters. The molecular weight excluding hydrogens is 478 g/mol. The van der Waals surface area contributed by atoms with E-state index in [2.05, 4.69) is 11.1 Å². The molecule has 4 fully saturated rings. The van der Waals surface area contributed by atoms with Gasteiger partial charge in [-0.15, -0.1) is 0 Å². The van der Waals surface area contributed by atoms with E-state index in [1.165, 1.54) is 0 Å². The second-order valence-corrected chi connectivity index (χ2v) is 12.0. The van der Waals surface area contributed by atoms with E-state index < -0.39 is 58.0 Å². The van der Waals surface area contributed by atoms with Gasteiger partial charge in [-0.25, -0.2) is 8.42 Å². The second-order valence-electron chi connectivity index (χ2n) is 11.0. The molecule has 0 aliphatic heterocycles. The van der Waals surface area contributed by atoms with E-state index in [0.29, 0.717) is 19.3 Å². The van der Waals surface area contributed by atoms with Crippen molar-refractivity contribution in [2.24, 2.45) is 46.3 Å². The van der Waals surface area contributed by atoms with Crippen molar-refractivity contribution in [1.29, 1.82) is 0 Å². The van der Waals surface area contributed by atoms with Gasteiger partial charge in [0.05, 0.1) is 13.6 Å². The zero-order chi connectivity index (χ0) is 28.0. The van der Waals surface area contributed by atoms with E-state index in [0.717, 1.165) is 12.8 Å². The zero-order valence-electron chi connectivity index (χ0n) is 26.0. The van der Waals surface area contributed by atoms with Crippen molar-refractivity contribution in [3.05, 3.63) is 0 Å². The SMILES string of the molecule is [2H]C1([2H])C[C@]2(C)C3C[C@H](O)[C@]4(C)[C@@H]([C@H](C)CCC(=O)[O-])CC[C@H]4C3CC[C@@H]2C([2H])([2H])[C@]1([2H])OS(=O)(=O)[O-].[Na+].[Na+]. The average molecular weight is 522 g/mol. The molecule has 0 radical (unpaired) electrons. The minimum absolute atomic E-state index is 0. The number of fused-ring (bicyclic) bond motifs is 5. The first kappa shape index (κ1) is 24.3. The van der Waals surface area contributed by atoms with Gasteiger partial charge in [-0.1, -0.05) is 20.8 Å². The summed E-state index contributed by atoms with van der Waals surface area (Å²) in [6.07, 6.45) is -6.68. The quantitative estimate of drug-likeness (QED) is 0.220. The summed E-state index contributed by atoms with van der Waals surface area (Å²) < 4.78 is 81.8. The standard InChI is InChI=1S/C24H40O7S.2Na/c1-14(4-9-22(26)27)18-7-8-19-17-6-5-15-12-16(31-32(28,29)30)10-11-23(15,2)20(17)13-21(25)24(18,19)3;;/h14-21,25H,4-13H2,1-3H3,(H,26,27)(H,28,29,30);;/q;2*+1/p-2/t14-,15-,16-,17?,18-,19+,20?,21+,23+,24-;;/m1../s1/i10D2,12D2,16D;;. The van der Waals surface area contributed by atoms with Gasteiger partial charge < -0.3 is 19.6 Å². The Hall–Kier alpha value is 1.30. The van der Waals surface area contributed by atoms with Gasteiger partial charge in [0, 0.05) is 11.5 Å². The number of aliphatic carboxylic acids is 1. The Labute approximate surface area is 256 Å². The Morgan fingerprint density at radius 1 is 1.24 bits per heavy atom.